The van der Waals surface area contributed by atoms with Crippen LogP contribution in [0.15, 0.2) is 0 Å². The largest absolute Gasteiger partial charge is 0.466 e. The Morgan fingerprint density at radius 3 is 1.32 bits per heavy atom. The molecule has 0 aromatic heterocycles. The van der Waals surface area contributed by atoms with E-state index in [-0.39, 0.29) is 46.4 Å². The monoisotopic (exact) mass is 458 g/mol. The summed E-state index contributed by atoms with van der Waals surface area (Å²) in [5.74, 6) is -0.321. The highest BCUT2D eigenvalue weighted by Gasteiger charge is 2.10. The lowest BCUT2D eigenvalue weighted by atomic mass is 10.4. The van der Waals surface area contributed by atoms with Gasteiger partial charge in [-0.3, -0.25) is 4.79 Å². The van der Waals surface area contributed by atoms with Gasteiger partial charge in [0, 0.05) is 52.8 Å². The van der Waals surface area contributed by atoms with Crippen LogP contribution in [0.25, 0.3) is 0 Å². The van der Waals surface area contributed by atoms with Crippen molar-refractivity contribution < 1.29 is 52.5 Å². The van der Waals surface area contributed by atoms with E-state index in [4.69, 9.17) is 47.7 Å². The van der Waals surface area contributed by atoms with Crippen LogP contribution < -0.4 is 0 Å². The molecule has 0 aliphatic carbocycles. The fraction of sp³-hybridized carbons (Fsp3) is 0.950. The lowest BCUT2D eigenvalue weighted by Crippen LogP contribution is -2.23. The number of esters is 1. The zero-order chi connectivity index (χ0) is 23.6. The first-order valence-electron chi connectivity index (χ1n) is 10.6. The molecule has 1 N–H and O–H groups in total. The Morgan fingerprint density at radius 1 is 0.677 bits per heavy atom. The van der Waals surface area contributed by atoms with Gasteiger partial charge in [-0.25, -0.2) is 0 Å². The minimum Gasteiger partial charge on any atom is -0.466 e. The number of rotatable bonds is 21. The summed E-state index contributed by atoms with van der Waals surface area (Å²) in [5, 5.41) is 8.71. The van der Waals surface area contributed by atoms with Crippen LogP contribution in [0.4, 0.5) is 0 Å². The van der Waals surface area contributed by atoms with Gasteiger partial charge in [-0.15, -0.1) is 0 Å². The average molecular weight is 459 g/mol. The quantitative estimate of drug-likeness (QED) is 0.154. The first-order chi connectivity index (χ1) is 15.0. The molecule has 0 amide bonds. The van der Waals surface area contributed by atoms with Gasteiger partial charge in [0.15, 0.2) is 12.6 Å². The maximum absolute atomic E-state index is 10.6. The molecule has 188 valence electrons. The van der Waals surface area contributed by atoms with Crippen LogP contribution in [-0.2, 0) is 47.4 Å². The van der Waals surface area contributed by atoms with Gasteiger partial charge in [0.05, 0.1) is 6.61 Å². The van der Waals surface area contributed by atoms with Gasteiger partial charge in [-0.2, -0.15) is 0 Å². The van der Waals surface area contributed by atoms with Crippen molar-refractivity contribution in [2.75, 3.05) is 66.8 Å². The molecule has 11 nitrogen and oxygen atoms in total. The molecule has 31 heavy (non-hydrogen) atoms. The summed E-state index contributed by atoms with van der Waals surface area (Å²) in [6, 6.07) is 0. The van der Waals surface area contributed by atoms with Gasteiger partial charge in [-0.05, 0) is 27.7 Å². The molecule has 0 spiro atoms. The fourth-order valence-electron chi connectivity index (χ4n) is 1.66. The number of hydrogen-bond acceptors (Lipinski definition) is 11. The van der Waals surface area contributed by atoms with Crippen molar-refractivity contribution in [2.24, 2.45) is 0 Å². The minimum atomic E-state index is -0.493. The summed E-state index contributed by atoms with van der Waals surface area (Å²) in [7, 11) is 0. The van der Waals surface area contributed by atoms with Crippen LogP contribution >= 0.6 is 0 Å². The Morgan fingerprint density at radius 2 is 1.03 bits per heavy atom. The Kier molecular flexibility index (Phi) is 28.3. The molecule has 0 saturated carbocycles. The average Bonchev–Trinajstić information content (AvgIpc) is 2.74. The van der Waals surface area contributed by atoms with E-state index in [1.54, 1.807) is 0 Å². The van der Waals surface area contributed by atoms with Gasteiger partial charge in [0.25, 0.3) is 0 Å². The molecule has 0 rings (SSSR count). The van der Waals surface area contributed by atoms with Gasteiger partial charge in [-0.1, -0.05) is 0 Å². The van der Waals surface area contributed by atoms with Crippen LogP contribution in [0, 0.1) is 0 Å². The van der Waals surface area contributed by atoms with E-state index >= 15 is 0 Å². The number of carbonyl (C=O) groups is 1. The highest BCUT2D eigenvalue weighted by Crippen LogP contribution is 2.03. The second-order valence-corrected chi connectivity index (χ2v) is 5.61. The van der Waals surface area contributed by atoms with E-state index in [0.717, 1.165) is 0 Å². The van der Waals surface area contributed by atoms with E-state index < -0.39 is 12.6 Å². The summed E-state index contributed by atoms with van der Waals surface area (Å²) in [5.41, 5.74) is 0. The molecule has 0 radical (unpaired) electrons. The van der Waals surface area contributed by atoms with Gasteiger partial charge < -0.3 is 47.7 Å². The molecule has 0 aliphatic heterocycles. The smallest absolute Gasteiger partial charge is 0.302 e. The van der Waals surface area contributed by atoms with Crippen LogP contribution in [0.1, 0.15) is 47.5 Å². The van der Waals surface area contributed by atoms with E-state index in [0.29, 0.717) is 39.3 Å². The third-order valence-electron chi connectivity index (χ3n) is 3.19. The van der Waals surface area contributed by atoms with Crippen molar-refractivity contribution in [3.63, 3.8) is 0 Å². The van der Waals surface area contributed by atoms with E-state index in [9.17, 15) is 4.79 Å². The van der Waals surface area contributed by atoms with Crippen LogP contribution in [0.2, 0.25) is 0 Å². The SMILES string of the molecule is CCOCOC(CCO)OCOCC.CCOCOC(CCOC(C)=O)OCOCC. The van der Waals surface area contributed by atoms with Crippen molar-refractivity contribution >= 4 is 5.97 Å². The van der Waals surface area contributed by atoms with Crippen LogP contribution in [0.3, 0.4) is 0 Å². The summed E-state index contributed by atoms with van der Waals surface area (Å²) in [6.45, 7) is 12.1. The number of carbonyl (C=O) groups excluding carboxylic acids is 1. The molecule has 0 unspecified atom stereocenters. The second kappa shape index (κ2) is 27.1. The fourth-order valence-corrected chi connectivity index (χ4v) is 1.66. The number of aliphatic hydroxyl groups is 1. The highest BCUT2D eigenvalue weighted by atomic mass is 16.8. The number of hydrogen-bond donors (Lipinski definition) is 1. The topological polar surface area (TPSA) is 120 Å². The predicted molar refractivity (Wildman–Crippen MR) is 111 cm³/mol. The van der Waals surface area contributed by atoms with Gasteiger partial charge in [0.2, 0.25) is 0 Å². The Balaban J connectivity index is 0. The standard InChI is InChI=1S/C11H22O6.C9H20O5/c1-4-13-8-16-11(17-9-14-5-2)6-7-15-10(3)12;1-3-11-7-13-9(5-6-10)14-8-12-4-2/h11H,4-9H2,1-3H3;9-10H,3-8H2,1-2H3. The molecule has 0 aromatic carbocycles. The van der Waals surface area contributed by atoms with Gasteiger partial charge >= 0.3 is 5.97 Å². The predicted octanol–water partition coefficient (Wildman–Crippen LogP) is 2.00. The van der Waals surface area contributed by atoms with Crippen molar-refractivity contribution in [3.8, 4) is 0 Å². The van der Waals surface area contributed by atoms with Crippen molar-refractivity contribution in [1.82, 2.24) is 0 Å². The van der Waals surface area contributed by atoms with Crippen molar-refractivity contribution in [1.29, 1.82) is 0 Å². The van der Waals surface area contributed by atoms with E-state index in [2.05, 4.69) is 0 Å². The Hall–Kier alpha value is -0.890. The zero-order valence-corrected chi connectivity index (χ0v) is 19.7. The summed E-state index contributed by atoms with van der Waals surface area (Å²) in [6.07, 6.45) is -0.0922. The molecule has 0 fully saturated rings. The Bertz CT molecular complexity index is 338. The van der Waals surface area contributed by atoms with Crippen molar-refractivity contribution in [3.05, 3.63) is 0 Å². The minimum absolute atomic E-state index is 0.0168. The van der Waals surface area contributed by atoms with E-state index in [1.165, 1.54) is 6.92 Å². The maximum atomic E-state index is 10.6. The Labute approximate surface area is 186 Å². The normalized spacial score (nSPS) is 11.0. The first-order valence-corrected chi connectivity index (χ1v) is 10.6. The molecule has 0 atom stereocenters. The van der Waals surface area contributed by atoms with Crippen molar-refractivity contribution in [2.45, 2.75) is 60.0 Å². The third-order valence-corrected chi connectivity index (χ3v) is 3.19. The highest BCUT2D eigenvalue weighted by molar-refractivity contribution is 5.65. The zero-order valence-electron chi connectivity index (χ0n) is 19.7. The molecule has 0 saturated heterocycles. The van der Waals surface area contributed by atoms with Crippen LogP contribution in [0.5, 0.6) is 0 Å². The van der Waals surface area contributed by atoms with E-state index in [1.807, 2.05) is 27.7 Å². The summed E-state index contributed by atoms with van der Waals surface area (Å²) in [4.78, 5) is 10.6. The third kappa shape index (κ3) is 27.1. The summed E-state index contributed by atoms with van der Waals surface area (Å²) < 4.78 is 45.8. The second-order valence-electron chi connectivity index (χ2n) is 5.61. The number of aliphatic hydroxyl groups excluding tert-OH is 1. The van der Waals surface area contributed by atoms with Crippen LogP contribution in [-0.4, -0.2) is 90.5 Å². The molecule has 0 aliphatic rings. The maximum Gasteiger partial charge on any atom is 0.302 e. The molecule has 0 heterocycles. The lowest BCUT2D eigenvalue weighted by Gasteiger charge is -2.18. The molecular weight excluding hydrogens is 416 g/mol. The molecule has 11 heteroatoms. The molecule has 0 aromatic rings. The molecular formula is C20H42O11. The lowest BCUT2D eigenvalue weighted by molar-refractivity contribution is -0.231. The summed E-state index contributed by atoms with van der Waals surface area (Å²) >= 11 is 0. The molecule has 0 bridgehead atoms. The van der Waals surface area contributed by atoms with Gasteiger partial charge in [0.1, 0.15) is 27.2 Å². The number of ether oxygens (including phenoxy) is 9. The first kappa shape index (κ1) is 32.3.